The fraction of sp³-hybridized carbons (Fsp3) is 0.389. The normalized spacial score (nSPS) is 10.8. The van der Waals surface area contributed by atoms with Crippen LogP contribution in [-0.4, -0.2) is 40.0 Å². The summed E-state index contributed by atoms with van der Waals surface area (Å²) in [5, 5.41) is 11.8. The van der Waals surface area contributed by atoms with Gasteiger partial charge in [0.05, 0.1) is 17.1 Å². The molecule has 5 nitrogen and oxygen atoms in total. The zero-order valence-corrected chi connectivity index (χ0v) is 14.8. The zero-order chi connectivity index (χ0) is 17.5. The van der Waals surface area contributed by atoms with Crippen LogP contribution in [0.2, 0.25) is 0 Å². The van der Waals surface area contributed by atoms with Crippen molar-refractivity contribution in [1.29, 1.82) is 0 Å². The minimum atomic E-state index is -0.993. The third-order valence-electron chi connectivity index (χ3n) is 3.39. The summed E-state index contributed by atoms with van der Waals surface area (Å²) in [5.74, 6) is -0.966. The van der Waals surface area contributed by atoms with Crippen molar-refractivity contribution in [3.8, 4) is 0 Å². The highest BCUT2D eigenvalue weighted by Gasteiger charge is 2.19. The highest BCUT2D eigenvalue weighted by Crippen LogP contribution is 2.16. The predicted molar refractivity (Wildman–Crippen MR) is 94.1 cm³/mol. The van der Waals surface area contributed by atoms with Gasteiger partial charge in [-0.15, -0.1) is 11.3 Å². The van der Waals surface area contributed by atoms with Crippen LogP contribution in [0.5, 0.6) is 0 Å². The fourth-order valence-corrected chi connectivity index (χ4v) is 3.24. The summed E-state index contributed by atoms with van der Waals surface area (Å²) in [5.41, 5.74) is 1.88. The Labute approximate surface area is 146 Å². The first-order valence-electron chi connectivity index (χ1n) is 7.91. The Balaban J connectivity index is 1.99. The van der Waals surface area contributed by atoms with Crippen LogP contribution >= 0.6 is 11.3 Å². The molecule has 0 unspecified atom stereocenters. The summed E-state index contributed by atoms with van der Waals surface area (Å²) >= 11 is 1.53. The largest absolute Gasteiger partial charge is 0.480 e. The van der Waals surface area contributed by atoms with Crippen LogP contribution in [0.15, 0.2) is 35.7 Å². The number of carbonyl (C=O) groups excluding carboxylic acids is 1. The van der Waals surface area contributed by atoms with E-state index in [9.17, 15) is 9.59 Å². The Kier molecular flexibility index (Phi) is 6.49. The van der Waals surface area contributed by atoms with Gasteiger partial charge in [-0.1, -0.05) is 44.2 Å². The number of carboxylic acid groups (broad SMARTS) is 1. The molecule has 128 valence electrons. The molecule has 0 bridgehead atoms. The Morgan fingerprint density at radius 1 is 1.25 bits per heavy atom. The number of benzene rings is 1. The second-order valence-electron chi connectivity index (χ2n) is 6.13. The van der Waals surface area contributed by atoms with Crippen LogP contribution in [-0.2, 0) is 22.4 Å². The molecule has 1 heterocycles. The molecule has 0 atom stereocenters. The number of rotatable bonds is 8. The Morgan fingerprint density at radius 2 is 1.96 bits per heavy atom. The van der Waals surface area contributed by atoms with Crippen LogP contribution in [0.25, 0.3) is 0 Å². The molecule has 0 spiro atoms. The average molecular weight is 346 g/mol. The van der Waals surface area contributed by atoms with Crippen molar-refractivity contribution in [2.45, 2.75) is 26.7 Å². The smallest absolute Gasteiger partial charge is 0.323 e. The molecule has 24 heavy (non-hydrogen) atoms. The van der Waals surface area contributed by atoms with E-state index in [1.54, 1.807) is 0 Å². The van der Waals surface area contributed by atoms with Crippen molar-refractivity contribution in [1.82, 2.24) is 9.88 Å². The van der Waals surface area contributed by atoms with Gasteiger partial charge in [0, 0.05) is 18.3 Å². The van der Waals surface area contributed by atoms with Gasteiger partial charge in [-0.05, 0) is 11.5 Å². The molecule has 0 fully saturated rings. The first-order valence-corrected chi connectivity index (χ1v) is 8.78. The lowest BCUT2D eigenvalue weighted by atomic mass is 10.1. The maximum absolute atomic E-state index is 12.4. The molecule has 0 saturated heterocycles. The van der Waals surface area contributed by atoms with E-state index in [2.05, 4.69) is 4.98 Å². The summed E-state index contributed by atoms with van der Waals surface area (Å²) in [4.78, 5) is 29.2. The number of hydrogen-bond donors (Lipinski definition) is 1. The molecule has 1 aromatic carbocycles. The Bertz CT molecular complexity index is 683. The van der Waals surface area contributed by atoms with E-state index in [1.807, 2.05) is 49.6 Å². The molecular formula is C18H22N2O3S. The van der Waals surface area contributed by atoms with Crippen LogP contribution in [0.1, 0.15) is 30.1 Å². The Hall–Kier alpha value is -2.21. The molecule has 1 N–H and O–H groups in total. The van der Waals surface area contributed by atoms with Crippen molar-refractivity contribution in [2.24, 2.45) is 5.92 Å². The van der Waals surface area contributed by atoms with Gasteiger partial charge in [-0.2, -0.15) is 0 Å². The topological polar surface area (TPSA) is 70.5 Å². The van der Waals surface area contributed by atoms with E-state index in [0.29, 0.717) is 12.2 Å². The number of nitrogens with zero attached hydrogens (tertiary/aromatic N) is 2. The standard InChI is InChI=1S/C18H22N2O3S/c1-13(2)10-20(11-18(22)23)17(21)9-15-12-24-16(19-15)8-14-6-4-3-5-7-14/h3-7,12-13H,8-11H2,1-2H3,(H,22,23). The van der Waals surface area contributed by atoms with Gasteiger partial charge in [0.25, 0.3) is 0 Å². The molecule has 0 aliphatic heterocycles. The molecule has 1 amide bonds. The molecule has 1 aromatic heterocycles. The minimum Gasteiger partial charge on any atom is -0.480 e. The molecule has 6 heteroatoms. The van der Waals surface area contributed by atoms with Gasteiger partial charge in [0.2, 0.25) is 5.91 Å². The van der Waals surface area contributed by atoms with E-state index in [1.165, 1.54) is 21.8 Å². The third kappa shape index (κ3) is 5.77. The monoisotopic (exact) mass is 346 g/mol. The maximum Gasteiger partial charge on any atom is 0.323 e. The molecular weight excluding hydrogens is 324 g/mol. The number of thiazole rings is 1. The fourth-order valence-electron chi connectivity index (χ4n) is 2.41. The number of aliphatic carboxylic acids is 1. The number of carboxylic acids is 1. The van der Waals surface area contributed by atoms with Crippen LogP contribution < -0.4 is 0 Å². The van der Waals surface area contributed by atoms with E-state index in [0.717, 1.165) is 11.4 Å². The van der Waals surface area contributed by atoms with E-state index in [4.69, 9.17) is 5.11 Å². The number of aromatic nitrogens is 1. The third-order valence-corrected chi connectivity index (χ3v) is 4.29. The van der Waals surface area contributed by atoms with Crippen molar-refractivity contribution in [3.05, 3.63) is 52.0 Å². The molecule has 2 rings (SSSR count). The number of amides is 1. The van der Waals surface area contributed by atoms with Crippen LogP contribution in [0.4, 0.5) is 0 Å². The van der Waals surface area contributed by atoms with Crippen molar-refractivity contribution < 1.29 is 14.7 Å². The highest BCUT2D eigenvalue weighted by molar-refractivity contribution is 7.09. The summed E-state index contributed by atoms with van der Waals surface area (Å²) in [6, 6.07) is 10.0. The SMILES string of the molecule is CC(C)CN(CC(=O)O)C(=O)Cc1csc(Cc2ccccc2)n1. The number of hydrogen-bond acceptors (Lipinski definition) is 4. The summed E-state index contributed by atoms with van der Waals surface area (Å²) in [6.45, 7) is 4.09. The van der Waals surface area contributed by atoms with E-state index >= 15 is 0 Å². The molecule has 0 aliphatic rings. The van der Waals surface area contributed by atoms with E-state index < -0.39 is 5.97 Å². The summed E-state index contributed by atoms with van der Waals surface area (Å²) in [7, 11) is 0. The van der Waals surface area contributed by atoms with Crippen molar-refractivity contribution in [3.63, 3.8) is 0 Å². The average Bonchev–Trinajstić information content (AvgIpc) is 2.93. The molecule has 0 saturated carbocycles. The van der Waals surface area contributed by atoms with E-state index in [-0.39, 0.29) is 24.8 Å². The van der Waals surface area contributed by atoms with Gasteiger partial charge in [0.1, 0.15) is 6.54 Å². The van der Waals surface area contributed by atoms with Crippen molar-refractivity contribution >= 4 is 23.2 Å². The van der Waals surface area contributed by atoms with Gasteiger partial charge < -0.3 is 10.0 Å². The second kappa shape index (κ2) is 8.59. The van der Waals surface area contributed by atoms with Crippen LogP contribution in [0, 0.1) is 5.92 Å². The van der Waals surface area contributed by atoms with Gasteiger partial charge in [-0.3, -0.25) is 9.59 Å². The maximum atomic E-state index is 12.4. The zero-order valence-electron chi connectivity index (χ0n) is 13.9. The lowest BCUT2D eigenvalue weighted by Crippen LogP contribution is -2.39. The lowest BCUT2D eigenvalue weighted by Gasteiger charge is -2.22. The summed E-state index contributed by atoms with van der Waals surface area (Å²) in [6.07, 6.45) is 0.885. The molecule has 0 radical (unpaired) electrons. The van der Waals surface area contributed by atoms with Crippen molar-refractivity contribution in [2.75, 3.05) is 13.1 Å². The first-order chi connectivity index (χ1) is 11.4. The molecule has 0 aliphatic carbocycles. The first kappa shape index (κ1) is 18.1. The highest BCUT2D eigenvalue weighted by atomic mass is 32.1. The van der Waals surface area contributed by atoms with Gasteiger partial charge in [-0.25, -0.2) is 4.98 Å². The molecule has 2 aromatic rings. The Morgan fingerprint density at radius 3 is 2.58 bits per heavy atom. The quantitative estimate of drug-likeness (QED) is 0.798. The number of carbonyl (C=O) groups is 2. The van der Waals surface area contributed by atoms with Crippen LogP contribution in [0.3, 0.4) is 0 Å². The van der Waals surface area contributed by atoms with Gasteiger partial charge in [0.15, 0.2) is 0 Å². The second-order valence-corrected chi connectivity index (χ2v) is 7.08. The lowest BCUT2D eigenvalue weighted by molar-refractivity contribution is -0.144. The summed E-state index contributed by atoms with van der Waals surface area (Å²) < 4.78 is 0. The minimum absolute atomic E-state index is 0.144. The predicted octanol–water partition coefficient (Wildman–Crippen LogP) is 2.85. The van der Waals surface area contributed by atoms with Gasteiger partial charge >= 0.3 is 5.97 Å².